The minimum Gasteiger partial charge on any atom is -0.387 e. The Kier molecular flexibility index (Phi) is 3.83. The molecule has 3 heteroatoms. The smallest absolute Gasteiger partial charge is 0.0922 e. The highest BCUT2D eigenvalue weighted by Crippen LogP contribution is 2.33. The van der Waals surface area contributed by atoms with Gasteiger partial charge in [-0.05, 0) is 35.2 Å². The quantitative estimate of drug-likeness (QED) is 0.913. The third-order valence-electron chi connectivity index (χ3n) is 2.87. The molecule has 0 bridgehead atoms. The molecule has 0 fully saturated rings. The van der Waals surface area contributed by atoms with Gasteiger partial charge < -0.3 is 5.11 Å². The van der Waals surface area contributed by atoms with Crippen molar-refractivity contribution in [1.82, 2.24) is 4.98 Å². The second-order valence-electron chi connectivity index (χ2n) is 5.53. The average Bonchev–Trinajstić information content (AvgIpc) is 2.79. The number of aliphatic hydroxyl groups excluding tert-OH is 1. The number of hydrogen-bond acceptors (Lipinski definition) is 3. The molecule has 0 saturated carbocycles. The lowest BCUT2D eigenvalue weighted by Gasteiger charge is -2.15. The standard InChI is InChI=1S/C15H19NOS/c1-15(2,3)14-5-4-13(18-14)12(17)10-11-6-8-16-9-7-11/h4-9,12,17H,10H2,1-3H3. The summed E-state index contributed by atoms with van der Waals surface area (Å²) in [6, 6.07) is 8.05. The molecular weight excluding hydrogens is 242 g/mol. The van der Waals surface area contributed by atoms with Crippen molar-refractivity contribution in [2.24, 2.45) is 0 Å². The second-order valence-corrected chi connectivity index (χ2v) is 6.64. The molecule has 0 aliphatic heterocycles. The van der Waals surface area contributed by atoms with Gasteiger partial charge in [-0.3, -0.25) is 4.98 Å². The number of nitrogens with zero attached hydrogens (tertiary/aromatic N) is 1. The van der Waals surface area contributed by atoms with Gasteiger partial charge in [-0.2, -0.15) is 0 Å². The lowest BCUT2D eigenvalue weighted by atomic mass is 9.95. The van der Waals surface area contributed by atoms with Crippen LogP contribution in [-0.4, -0.2) is 10.1 Å². The van der Waals surface area contributed by atoms with Crippen LogP contribution >= 0.6 is 11.3 Å². The molecule has 0 spiro atoms. The third kappa shape index (κ3) is 3.18. The number of thiophene rings is 1. The highest BCUT2D eigenvalue weighted by molar-refractivity contribution is 7.12. The highest BCUT2D eigenvalue weighted by Gasteiger charge is 2.18. The number of rotatable bonds is 3. The molecule has 0 aromatic carbocycles. The number of aromatic nitrogens is 1. The van der Waals surface area contributed by atoms with E-state index in [1.54, 1.807) is 23.7 Å². The molecule has 2 aromatic rings. The van der Waals surface area contributed by atoms with Gasteiger partial charge >= 0.3 is 0 Å². The van der Waals surface area contributed by atoms with Crippen LogP contribution in [0.3, 0.4) is 0 Å². The van der Waals surface area contributed by atoms with E-state index >= 15 is 0 Å². The summed E-state index contributed by atoms with van der Waals surface area (Å²) in [6.45, 7) is 6.58. The molecule has 1 unspecified atom stereocenters. The van der Waals surface area contributed by atoms with Gasteiger partial charge in [-0.1, -0.05) is 20.8 Å². The Labute approximate surface area is 112 Å². The Morgan fingerprint density at radius 1 is 1.17 bits per heavy atom. The normalized spacial score (nSPS) is 13.6. The highest BCUT2D eigenvalue weighted by atomic mass is 32.1. The molecule has 0 aliphatic rings. The van der Waals surface area contributed by atoms with E-state index in [2.05, 4.69) is 31.8 Å². The van der Waals surface area contributed by atoms with Crippen molar-refractivity contribution < 1.29 is 5.11 Å². The van der Waals surface area contributed by atoms with Crippen LogP contribution in [0.25, 0.3) is 0 Å². The van der Waals surface area contributed by atoms with Gasteiger partial charge in [0.1, 0.15) is 0 Å². The zero-order valence-corrected chi connectivity index (χ0v) is 11.9. The molecule has 0 amide bonds. The van der Waals surface area contributed by atoms with Crippen molar-refractivity contribution in [1.29, 1.82) is 0 Å². The molecule has 2 rings (SSSR count). The monoisotopic (exact) mass is 261 g/mol. The minimum atomic E-state index is -0.423. The van der Waals surface area contributed by atoms with Crippen LogP contribution < -0.4 is 0 Å². The molecule has 0 saturated heterocycles. The largest absolute Gasteiger partial charge is 0.387 e. The summed E-state index contributed by atoms with van der Waals surface area (Å²) in [5.41, 5.74) is 1.27. The first-order chi connectivity index (χ1) is 8.47. The van der Waals surface area contributed by atoms with E-state index in [1.165, 1.54) is 4.88 Å². The van der Waals surface area contributed by atoms with Crippen LogP contribution in [0.4, 0.5) is 0 Å². The molecule has 1 atom stereocenters. The predicted octanol–water partition coefficient (Wildman–Crippen LogP) is 3.72. The Morgan fingerprint density at radius 3 is 2.39 bits per heavy atom. The number of aliphatic hydroxyl groups is 1. The van der Waals surface area contributed by atoms with Crippen LogP contribution in [-0.2, 0) is 11.8 Å². The van der Waals surface area contributed by atoms with Gasteiger partial charge in [-0.25, -0.2) is 0 Å². The van der Waals surface area contributed by atoms with Crippen LogP contribution in [0.15, 0.2) is 36.7 Å². The number of pyridine rings is 1. The maximum absolute atomic E-state index is 10.2. The fourth-order valence-electron chi connectivity index (χ4n) is 1.78. The lowest BCUT2D eigenvalue weighted by Crippen LogP contribution is -2.07. The van der Waals surface area contributed by atoms with Gasteiger partial charge in [0.05, 0.1) is 6.10 Å². The fraction of sp³-hybridized carbons (Fsp3) is 0.400. The Bertz CT molecular complexity index is 499. The predicted molar refractivity (Wildman–Crippen MR) is 75.9 cm³/mol. The molecule has 1 N–H and O–H groups in total. The van der Waals surface area contributed by atoms with Crippen molar-refractivity contribution in [3.63, 3.8) is 0 Å². The van der Waals surface area contributed by atoms with Gasteiger partial charge in [0.2, 0.25) is 0 Å². The zero-order valence-electron chi connectivity index (χ0n) is 11.1. The molecule has 2 aromatic heterocycles. The fourth-order valence-corrected chi connectivity index (χ4v) is 2.83. The van der Waals surface area contributed by atoms with Crippen LogP contribution in [0, 0.1) is 0 Å². The average molecular weight is 261 g/mol. The van der Waals surface area contributed by atoms with Gasteiger partial charge in [0.25, 0.3) is 0 Å². The van der Waals surface area contributed by atoms with Crippen LogP contribution in [0.5, 0.6) is 0 Å². The first kappa shape index (κ1) is 13.2. The van der Waals surface area contributed by atoms with Crippen molar-refractivity contribution in [2.45, 2.75) is 38.7 Å². The summed E-state index contributed by atoms with van der Waals surface area (Å²) in [5, 5.41) is 10.2. The van der Waals surface area contributed by atoms with E-state index < -0.39 is 6.10 Å². The molecule has 0 radical (unpaired) electrons. The van der Waals surface area contributed by atoms with Gasteiger partial charge in [-0.15, -0.1) is 11.3 Å². The summed E-state index contributed by atoms with van der Waals surface area (Å²) < 4.78 is 0. The maximum atomic E-state index is 10.2. The van der Waals surface area contributed by atoms with Gasteiger partial charge in [0, 0.05) is 28.6 Å². The van der Waals surface area contributed by atoms with E-state index in [0.717, 1.165) is 10.4 Å². The lowest BCUT2D eigenvalue weighted by molar-refractivity contribution is 0.182. The third-order valence-corrected chi connectivity index (χ3v) is 4.49. The molecule has 2 heterocycles. The molecular formula is C15H19NOS. The van der Waals surface area contributed by atoms with Crippen molar-refractivity contribution in [3.05, 3.63) is 52.0 Å². The van der Waals surface area contributed by atoms with Crippen molar-refractivity contribution in [3.8, 4) is 0 Å². The van der Waals surface area contributed by atoms with Crippen LogP contribution in [0.2, 0.25) is 0 Å². The second kappa shape index (κ2) is 5.21. The molecule has 0 aliphatic carbocycles. The van der Waals surface area contributed by atoms with Crippen LogP contribution in [0.1, 0.15) is 42.2 Å². The summed E-state index contributed by atoms with van der Waals surface area (Å²) in [4.78, 5) is 6.33. The van der Waals surface area contributed by atoms with Crippen molar-refractivity contribution >= 4 is 11.3 Å². The topological polar surface area (TPSA) is 33.1 Å². The summed E-state index contributed by atoms with van der Waals surface area (Å²) in [6.07, 6.45) is 3.74. The van der Waals surface area contributed by atoms with Crippen molar-refractivity contribution in [2.75, 3.05) is 0 Å². The zero-order chi connectivity index (χ0) is 13.2. The molecule has 18 heavy (non-hydrogen) atoms. The number of hydrogen-bond donors (Lipinski definition) is 1. The van der Waals surface area contributed by atoms with E-state index in [4.69, 9.17) is 0 Å². The molecule has 96 valence electrons. The Morgan fingerprint density at radius 2 is 1.83 bits per heavy atom. The first-order valence-corrected chi connectivity index (χ1v) is 6.95. The molecule has 2 nitrogen and oxygen atoms in total. The summed E-state index contributed by atoms with van der Waals surface area (Å²) in [7, 11) is 0. The Hall–Kier alpha value is -1.19. The van der Waals surface area contributed by atoms with E-state index in [1.807, 2.05) is 18.2 Å². The maximum Gasteiger partial charge on any atom is 0.0922 e. The van der Waals surface area contributed by atoms with E-state index in [0.29, 0.717) is 6.42 Å². The minimum absolute atomic E-state index is 0.152. The van der Waals surface area contributed by atoms with Gasteiger partial charge in [0.15, 0.2) is 0 Å². The summed E-state index contributed by atoms with van der Waals surface area (Å²) in [5.74, 6) is 0. The first-order valence-electron chi connectivity index (χ1n) is 6.14. The van der Waals surface area contributed by atoms with E-state index in [-0.39, 0.29) is 5.41 Å². The van der Waals surface area contributed by atoms with E-state index in [9.17, 15) is 5.11 Å². The SMILES string of the molecule is CC(C)(C)c1ccc(C(O)Cc2ccncc2)s1. The summed E-state index contributed by atoms with van der Waals surface area (Å²) >= 11 is 1.70. The Balaban J connectivity index is 2.10.